The SMILES string of the molecule is CC1C(CO)OC(n2c(=O)n(CCC(C)(C)C(C)(C)C)c3c(=O)[nH]c(N)nc32)C1O. The maximum Gasteiger partial charge on any atom is 0.332 e. The van der Waals surface area contributed by atoms with E-state index >= 15 is 0 Å². The van der Waals surface area contributed by atoms with Gasteiger partial charge in [0.1, 0.15) is 6.10 Å². The monoisotopic (exact) mass is 423 g/mol. The Morgan fingerprint density at radius 1 is 1.23 bits per heavy atom. The van der Waals surface area contributed by atoms with Gasteiger partial charge in [-0.1, -0.05) is 41.5 Å². The number of anilines is 1. The fourth-order valence-electron chi connectivity index (χ4n) is 3.69. The van der Waals surface area contributed by atoms with Gasteiger partial charge in [0, 0.05) is 12.5 Å². The molecule has 0 amide bonds. The van der Waals surface area contributed by atoms with E-state index < -0.39 is 35.6 Å². The van der Waals surface area contributed by atoms with Gasteiger partial charge in [0.25, 0.3) is 5.56 Å². The van der Waals surface area contributed by atoms with Crippen LogP contribution in [0.5, 0.6) is 0 Å². The van der Waals surface area contributed by atoms with Crippen molar-refractivity contribution in [2.75, 3.05) is 12.3 Å². The number of hydrogen-bond donors (Lipinski definition) is 4. The van der Waals surface area contributed by atoms with Crippen molar-refractivity contribution in [1.82, 2.24) is 19.1 Å². The van der Waals surface area contributed by atoms with Gasteiger partial charge in [0.05, 0.1) is 12.7 Å². The van der Waals surface area contributed by atoms with Crippen LogP contribution in [0.25, 0.3) is 11.2 Å². The minimum absolute atomic E-state index is 0.0153. The van der Waals surface area contributed by atoms with Crippen LogP contribution in [0, 0.1) is 16.7 Å². The molecule has 0 aromatic carbocycles. The first-order chi connectivity index (χ1) is 13.8. The summed E-state index contributed by atoms with van der Waals surface area (Å²) in [5.41, 5.74) is 4.72. The number of ether oxygens (including phenoxy) is 1. The average Bonchev–Trinajstić information content (AvgIpc) is 3.06. The molecular formula is C20H33N5O5. The van der Waals surface area contributed by atoms with Gasteiger partial charge in [-0.2, -0.15) is 4.98 Å². The summed E-state index contributed by atoms with van der Waals surface area (Å²) in [4.78, 5) is 32.7. The summed E-state index contributed by atoms with van der Waals surface area (Å²) >= 11 is 0. The standard InChI is InChI=1S/C20H33N5O5/c1-10-11(9-26)30-16(13(10)27)25-14-12(15(28)23-17(21)22-14)24(18(25)29)8-7-20(5,6)19(2,3)4/h10-11,13,16,26-27H,7-9H2,1-6H3,(H3,21,22,23,28). The normalized spacial score (nSPS) is 25.3. The third-order valence-electron chi connectivity index (χ3n) is 6.99. The van der Waals surface area contributed by atoms with Crippen LogP contribution in [-0.2, 0) is 11.3 Å². The Morgan fingerprint density at radius 3 is 2.40 bits per heavy atom. The smallest absolute Gasteiger partial charge is 0.332 e. The molecule has 5 N–H and O–H groups in total. The number of aromatic nitrogens is 4. The summed E-state index contributed by atoms with van der Waals surface area (Å²) in [5, 5.41) is 20.2. The number of nitrogen functional groups attached to an aromatic ring is 1. The van der Waals surface area contributed by atoms with E-state index in [0.717, 1.165) is 0 Å². The Hall–Kier alpha value is -2.17. The third-order valence-corrected chi connectivity index (χ3v) is 6.99. The van der Waals surface area contributed by atoms with Crippen molar-refractivity contribution in [1.29, 1.82) is 0 Å². The minimum atomic E-state index is -1.07. The largest absolute Gasteiger partial charge is 0.394 e. The zero-order chi connectivity index (χ0) is 22.6. The predicted molar refractivity (Wildman–Crippen MR) is 113 cm³/mol. The lowest BCUT2D eigenvalue weighted by molar-refractivity contribution is -0.0510. The summed E-state index contributed by atoms with van der Waals surface area (Å²) in [6, 6.07) is 0. The fraction of sp³-hybridized carbons (Fsp3) is 0.750. The number of aromatic amines is 1. The number of rotatable bonds is 5. The van der Waals surface area contributed by atoms with Gasteiger partial charge in [0.2, 0.25) is 5.95 Å². The molecule has 4 unspecified atom stereocenters. The number of imidazole rings is 1. The first kappa shape index (κ1) is 22.5. The van der Waals surface area contributed by atoms with Crippen molar-refractivity contribution in [3.8, 4) is 0 Å². The molecule has 10 nitrogen and oxygen atoms in total. The van der Waals surface area contributed by atoms with Gasteiger partial charge in [-0.15, -0.1) is 0 Å². The second-order valence-corrected chi connectivity index (χ2v) is 9.91. The number of aryl methyl sites for hydroxylation is 1. The number of fused-ring (bicyclic) bond motifs is 1. The van der Waals surface area contributed by atoms with Crippen LogP contribution in [-0.4, -0.2) is 48.1 Å². The topological polar surface area (TPSA) is 148 Å². The molecule has 2 aromatic rings. The molecule has 3 rings (SSSR count). The van der Waals surface area contributed by atoms with E-state index in [1.54, 1.807) is 6.92 Å². The van der Waals surface area contributed by atoms with Crippen molar-refractivity contribution in [2.24, 2.45) is 16.7 Å². The molecule has 1 saturated heterocycles. The molecule has 0 bridgehead atoms. The number of nitrogens with one attached hydrogen (secondary N) is 1. The maximum absolute atomic E-state index is 13.4. The van der Waals surface area contributed by atoms with Gasteiger partial charge < -0.3 is 20.7 Å². The fourth-order valence-corrected chi connectivity index (χ4v) is 3.69. The molecule has 1 fully saturated rings. The lowest BCUT2D eigenvalue weighted by Crippen LogP contribution is -2.35. The second-order valence-electron chi connectivity index (χ2n) is 9.91. The van der Waals surface area contributed by atoms with Crippen LogP contribution in [0.3, 0.4) is 0 Å². The predicted octanol–water partition coefficient (Wildman–Crippen LogP) is 0.818. The molecule has 2 aromatic heterocycles. The number of hydrogen-bond acceptors (Lipinski definition) is 7. The Balaban J connectivity index is 2.15. The Kier molecular flexibility index (Phi) is 5.63. The zero-order valence-electron chi connectivity index (χ0n) is 18.5. The molecular weight excluding hydrogens is 390 g/mol. The second kappa shape index (κ2) is 7.51. The molecule has 10 heteroatoms. The molecule has 0 saturated carbocycles. The maximum atomic E-state index is 13.4. The van der Waals surface area contributed by atoms with Crippen LogP contribution in [0.1, 0.15) is 54.2 Å². The third kappa shape index (κ3) is 3.57. The number of nitrogens with two attached hydrogens (primary N) is 1. The molecule has 1 aliphatic heterocycles. The molecule has 3 heterocycles. The highest BCUT2D eigenvalue weighted by atomic mass is 16.5. The van der Waals surface area contributed by atoms with Gasteiger partial charge in [-0.05, 0) is 17.3 Å². The van der Waals surface area contributed by atoms with Crippen molar-refractivity contribution in [2.45, 2.75) is 72.9 Å². The van der Waals surface area contributed by atoms with E-state index in [1.807, 2.05) is 0 Å². The molecule has 30 heavy (non-hydrogen) atoms. The van der Waals surface area contributed by atoms with E-state index in [4.69, 9.17) is 10.5 Å². The van der Waals surface area contributed by atoms with E-state index in [2.05, 4.69) is 44.6 Å². The van der Waals surface area contributed by atoms with E-state index in [1.165, 1.54) is 9.13 Å². The minimum Gasteiger partial charge on any atom is -0.394 e. The molecule has 0 aliphatic carbocycles. The lowest BCUT2D eigenvalue weighted by atomic mass is 9.67. The van der Waals surface area contributed by atoms with Gasteiger partial charge >= 0.3 is 5.69 Å². The van der Waals surface area contributed by atoms with Crippen molar-refractivity contribution < 1.29 is 14.9 Å². The average molecular weight is 424 g/mol. The van der Waals surface area contributed by atoms with Crippen LogP contribution in [0.2, 0.25) is 0 Å². The summed E-state index contributed by atoms with van der Waals surface area (Å²) in [6.07, 6.45) is -2.11. The van der Waals surface area contributed by atoms with Gasteiger partial charge in [-0.25, -0.2) is 9.36 Å². The highest BCUT2D eigenvalue weighted by Crippen LogP contribution is 2.41. The summed E-state index contributed by atoms with van der Waals surface area (Å²) in [5.74, 6) is -0.530. The van der Waals surface area contributed by atoms with E-state index in [0.29, 0.717) is 13.0 Å². The summed E-state index contributed by atoms with van der Waals surface area (Å²) < 4.78 is 8.32. The molecule has 0 radical (unpaired) electrons. The van der Waals surface area contributed by atoms with Crippen LogP contribution in [0.15, 0.2) is 9.59 Å². The highest BCUT2D eigenvalue weighted by molar-refractivity contribution is 5.71. The molecule has 0 spiro atoms. The van der Waals surface area contributed by atoms with E-state index in [-0.39, 0.29) is 34.5 Å². The van der Waals surface area contributed by atoms with Gasteiger partial charge in [-0.3, -0.25) is 14.3 Å². The molecule has 4 atom stereocenters. The van der Waals surface area contributed by atoms with Gasteiger partial charge in [0.15, 0.2) is 17.4 Å². The number of H-pyrrole nitrogens is 1. The van der Waals surface area contributed by atoms with Crippen molar-refractivity contribution in [3.63, 3.8) is 0 Å². The van der Waals surface area contributed by atoms with Crippen molar-refractivity contribution in [3.05, 3.63) is 20.8 Å². The highest BCUT2D eigenvalue weighted by Gasteiger charge is 2.44. The lowest BCUT2D eigenvalue weighted by Gasteiger charge is -2.39. The van der Waals surface area contributed by atoms with Crippen LogP contribution in [0.4, 0.5) is 5.95 Å². The Morgan fingerprint density at radius 2 is 1.87 bits per heavy atom. The first-order valence-corrected chi connectivity index (χ1v) is 10.2. The Bertz CT molecular complexity index is 1040. The van der Waals surface area contributed by atoms with Crippen LogP contribution < -0.4 is 17.0 Å². The van der Waals surface area contributed by atoms with Crippen LogP contribution >= 0.6 is 0 Å². The van der Waals surface area contributed by atoms with Crippen molar-refractivity contribution >= 4 is 17.1 Å². The number of aliphatic hydroxyl groups excluding tert-OH is 2. The Labute approximate surface area is 174 Å². The van der Waals surface area contributed by atoms with E-state index in [9.17, 15) is 19.8 Å². The zero-order valence-corrected chi connectivity index (χ0v) is 18.5. The number of nitrogens with zero attached hydrogens (tertiary/aromatic N) is 3. The molecule has 168 valence electrons. The first-order valence-electron chi connectivity index (χ1n) is 10.2. The molecule has 1 aliphatic rings. The number of aliphatic hydroxyl groups is 2. The summed E-state index contributed by atoms with van der Waals surface area (Å²) in [6.45, 7) is 12.4. The quantitative estimate of drug-likeness (QED) is 0.556. The summed E-state index contributed by atoms with van der Waals surface area (Å²) in [7, 11) is 0.